The Morgan fingerprint density at radius 3 is 2.54 bits per heavy atom. The summed E-state index contributed by atoms with van der Waals surface area (Å²) in [6.07, 6.45) is -0.866. The van der Waals surface area contributed by atoms with Crippen LogP contribution in [0.15, 0.2) is 70.5 Å². The number of aromatic amines is 1. The molecule has 0 saturated heterocycles. The molecule has 1 aromatic heterocycles. The van der Waals surface area contributed by atoms with Crippen LogP contribution in [0.1, 0.15) is 0 Å². The molecule has 1 heterocycles. The molecule has 0 fully saturated rings. The third-order valence-electron chi connectivity index (χ3n) is 3.93. The lowest BCUT2D eigenvalue weighted by molar-refractivity contribution is 0.211. The van der Waals surface area contributed by atoms with E-state index in [1.54, 1.807) is 30.3 Å². The molecule has 0 unspecified atom stereocenters. The number of aromatic nitrogens is 2. The molecule has 3 aromatic carbocycles. The Kier molecular flexibility index (Phi) is 4.93. The van der Waals surface area contributed by atoms with Gasteiger partial charge in [0, 0.05) is 21.4 Å². The standard InChI is InChI=1S/C20H13ClFN3O2S/c21-15-10-14(6-7-16(15)22)28-13-4-1-11(2-5-13)19-24-17-8-3-12(27-20(23)26)9-18(17)25-19/h1-10H,(H2,23,26)(H,24,25). The molecule has 0 spiro atoms. The molecule has 0 aliphatic rings. The summed E-state index contributed by atoms with van der Waals surface area (Å²) in [5.74, 6) is 0.600. The van der Waals surface area contributed by atoms with Gasteiger partial charge in [-0.05, 0) is 42.5 Å². The van der Waals surface area contributed by atoms with Gasteiger partial charge < -0.3 is 15.5 Å². The first-order chi connectivity index (χ1) is 13.5. The minimum atomic E-state index is -0.866. The van der Waals surface area contributed by atoms with E-state index in [-0.39, 0.29) is 5.02 Å². The van der Waals surface area contributed by atoms with Gasteiger partial charge in [0.25, 0.3) is 0 Å². The third kappa shape index (κ3) is 3.95. The highest BCUT2D eigenvalue weighted by molar-refractivity contribution is 7.99. The number of nitrogens with zero attached hydrogens (tertiary/aromatic N) is 1. The lowest BCUT2D eigenvalue weighted by atomic mass is 10.2. The number of ether oxygens (including phenoxy) is 1. The van der Waals surface area contributed by atoms with E-state index in [0.29, 0.717) is 11.6 Å². The summed E-state index contributed by atoms with van der Waals surface area (Å²) in [6, 6.07) is 17.4. The Balaban J connectivity index is 1.56. The fraction of sp³-hybridized carbons (Fsp3) is 0. The predicted octanol–water partition coefficient (Wildman–Crippen LogP) is 5.63. The van der Waals surface area contributed by atoms with Gasteiger partial charge in [-0.25, -0.2) is 14.2 Å². The van der Waals surface area contributed by atoms with Gasteiger partial charge in [0.15, 0.2) is 0 Å². The van der Waals surface area contributed by atoms with Crippen molar-refractivity contribution in [3.8, 4) is 17.1 Å². The van der Waals surface area contributed by atoms with Crippen LogP contribution < -0.4 is 10.5 Å². The van der Waals surface area contributed by atoms with Crippen LogP contribution in [0.2, 0.25) is 5.02 Å². The normalized spacial score (nSPS) is 10.9. The van der Waals surface area contributed by atoms with Gasteiger partial charge in [-0.3, -0.25) is 0 Å². The number of benzene rings is 3. The molecule has 0 radical (unpaired) electrons. The number of carbonyl (C=O) groups excluding carboxylic acids is 1. The maximum Gasteiger partial charge on any atom is 0.409 e. The summed E-state index contributed by atoms with van der Waals surface area (Å²) in [5.41, 5.74) is 7.40. The van der Waals surface area contributed by atoms with E-state index >= 15 is 0 Å². The van der Waals surface area contributed by atoms with Crippen molar-refractivity contribution in [1.29, 1.82) is 0 Å². The van der Waals surface area contributed by atoms with Gasteiger partial charge in [-0.1, -0.05) is 35.5 Å². The van der Waals surface area contributed by atoms with Gasteiger partial charge in [0.05, 0.1) is 16.1 Å². The summed E-state index contributed by atoms with van der Waals surface area (Å²) in [5, 5.41) is 0.101. The van der Waals surface area contributed by atoms with E-state index in [0.717, 1.165) is 26.4 Å². The van der Waals surface area contributed by atoms with Crippen LogP contribution in [-0.4, -0.2) is 16.1 Å². The van der Waals surface area contributed by atoms with Crippen LogP contribution in [0.5, 0.6) is 5.75 Å². The molecule has 5 nitrogen and oxygen atoms in total. The monoisotopic (exact) mass is 413 g/mol. The average Bonchev–Trinajstić information content (AvgIpc) is 3.08. The second-order valence-corrected chi connectivity index (χ2v) is 7.44. The number of carbonyl (C=O) groups is 1. The molecule has 140 valence electrons. The van der Waals surface area contributed by atoms with Gasteiger partial charge in [-0.15, -0.1) is 0 Å². The summed E-state index contributed by atoms with van der Waals surface area (Å²) in [7, 11) is 0. The number of rotatable bonds is 4. The highest BCUT2D eigenvalue weighted by Gasteiger charge is 2.09. The molecule has 4 aromatic rings. The maximum absolute atomic E-state index is 13.3. The second-order valence-electron chi connectivity index (χ2n) is 5.89. The number of H-pyrrole nitrogens is 1. The maximum atomic E-state index is 13.3. The Hall–Kier alpha value is -3.03. The predicted molar refractivity (Wildman–Crippen MR) is 107 cm³/mol. The number of halogens is 2. The lowest BCUT2D eigenvalue weighted by Crippen LogP contribution is -2.16. The molecular weight excluding hydrogens is 401 g/mol. The van der Waals surface area contributed by atoms with Crippen molar-refractivity contribution in [2.75, 3.05) is 0 Å². The van der Waals surface area contributed by atoms with Crippen molar-refractivity contribution in [2.24, 2.45) is 5.73 Å². The van der Waals surface area contributed by atoms with Crippen LogP contribution in [0.3, 0.4) is 0 Å². The van der Waals surface area contributed by atoms with Crippen molar-refractivity contribution in [2.45, 2.75) is 9.79 Å². The topological polar surface area (TPSA) is 81.0 Å². The van der Waals surface area contributed by atoms with Crippen molar-refractivity contribution in [3.63, 3.8) is 0 Å². The molecule has 0 aliphatic carbocycles. The Labute approximate surface area is 168 Å². The Morgan fingerprint density at radius 1 is 1.07 bits per heavy atom. The van der Waals surface area contributed by atoms with Crippen LogP contribution in [0, 0.1) is 5.82 Å². The van der Waals surface area contributed by atoms with E-state index in [9.17, 15) is 9.18 Å². The van der Waals surface area contributed by atoms with Crippen molar-refractivity contribution in [3.05, 3.63) is 71.5 Å². The van der Waals surface area contributed by atoms with Gasteiger partial charge in [0.2, 0.25) is 0 Å². The summed E-state index contributed by atoms with van der Waals surface area (Å²) in [4.78, 5) is 20.5. The number of fused-ring (bicyclic) bond motifs is 1. The third-order valence-corrected chi connectivity index (χ3v) is 5.21. The number of hydrogen-bond donors (Lipinski definition) is 2. The fourth-order valence-corrected chi connectivity index (χ4v) is 3.76. The molecular formula is C20H13ClFN3O2S. The number of nitrogens with two attached hydrogens (primary N) is 1. The smallest absolute Gasteiger partial charge is 0.409 e. The van der Waals surface area contributed by atoms with Gasteiger partial charge in [-0.2, -0.15) is 0 Å². The summed E-state index contributed by atoms with van der Waals surface area (Å²) in [6.45, 7) is 0. The fourth-order valence-electron chi connectivity index (χ4n) is 2.66. The first kappa shape index (κ1) is 18.3. The zero-order valence-electron chi connectivity index (χ0n) is 14.3. The highest BCUT2D eigenvalue weighted by atomic mass is 35.5. The van der Waals surface area contributed by atoms with Crippen LogP contribution in [0.4, 0.5) is 9.18 Å². The summed E-state index contributed by atoms with van der Waals surface area (Å²) >= 11 is 7.31. The molecule has 0 saturated carbocycles. The molecule has 8 heteroatoms. The lowest BCUT2D eigenvalue weighted by Gasteiger charge is -2.04. The minimum absolute atomic E-state index is 0.101. The highest BCUT2D eigenvalue weighted by Crippen LogP contribution is 2.32. The van der Waals surface area contributed by atoms with Crippen LogP contribution in [0.25, 0.3) is 22.4 Å². The van der Waals surface area contributed by atoms with Crippen LogP contribution >= 0.6 is 23.4 Å². The van der Waals surface area contributed by atoms with E-state index in [1.807, 2.05) is 24.3 Å². The SMILES string of the molecule is NC(=O)Oc1ccc2nc(-c3ccc(Sc4ccc(F)c(Cl)c4)cc3)[nH]c2c1. The molecule has 0 bridgehead atoms. The van der Waals surface area contributed by atoms with Crippen molar-refractivity contribution in [1.82, 2.24) is 9.97 Å². The largest absolute Gasteiger partial charge is 0.410 e. The van der Waals surface area contributed by atoms with Crippen molar-refractivity contribution < 1.29 is 13.9 Å². The number of hydrogen-bond acceptors (Lipinski definition) is 4. The Bertz CT molecular complexity index is 1180. The number of primary amides is 1. The summed E-state index contributed by atoms with van der Waals surface area (Å²) < 4.78 is 18.2. The van der Waals surface area contributed by atoms with E-state index in [4.69, 9.17) is 22.1 Å². The zero-order valence-corrected chi connectivity index (χ0v) is 15.9. The molecule has 3 N–H and O–H groups in total. The molecule has 28 heavy (non-hydrogen) atoms. The van der Waals surface area contributed by atoms with Gasteiger partial charge in [0.1, 0.15) is 17.4 Å². The van der Waals surface area contributed by atoms with E-state index < -0.39 is 11.9 Å². The molecule has 0 atom stereocenters. The van der Waals surface area contributed by atoms with E-state index in [2.05, 4.69) is 9.97 Å². The van der Waals surface area contributed by atoms with Gasteiger partial charge >= 0.3 is 6.09 Å². The number of nitrogens with one attached hydrogen (secondary N) is 1. The molecule has 4 rings (SSSR count). The van der Waals surface area contributed by atoms with Crippen molar-refractivity contribution >= 4 is 40.5 Å². The minimum Gasteiger partial charge on any atom is -0.410 e. The molecule has 0 aliphatic heterocycles. The number of amides is 1. The number of imidazole rings is 1. The molecule has 1 amide bonds. The van der Waals surface area contributed by atoms with E-state index in [1.165, 1.54) is 17.8 Å². The quantitative estimate of drug-likeness (QED) is 0.454. The zero-order chi connectivity index (χ0) is 19.7. The van der Waals surface area contributed by atoms with Crippen LogP contribution in [-0.2, 0) is 0 Å². The Morgan fingerprint density at radius 2 is 1.82 bits per heavy atom. The first-order valence-corrected chi connectivity index (χ1v) is 9.38. The average molecular weight is 414 g/mol. The second kappa shape index (κ2) is 7.53. The first-order valence-electron chi connectivity index (χ1n) is 8.18.